The zero-order chi connectivity index (χ0) is 12.3. The molecule has 0 aliphatic carbocycles. The van der Waals surface area contributed by atoms with Crippen LogP contribution in [0, 0.1) is 0 Å². The fourth-order valence-electron chi connectivity index (χ4n) is 1.27. The third-order valence-electron chi connectivity index (χ3n) is 2.33. The van der Waals surface area contributed by atoms with Crippen LogP contribution in [0.3, 0.4) is 0 Å². The molecule has 0 aliphatic heterocycles. The van der Waals surface area contributed by atoms with E-state index in [4.69, 9.17) is 11.6 Å². The molecule has 0 amide bonds. The maximum Gasteiger partial charge on any atom is 0.214 e. The fourth-order valence-corrected chi connectivity index (χ4v) is 2.46. The Morgan fingerprint density at radius 2 is 1.75 bits per heavy atom. The van der Waals surface area contributed by atoms with E-state index in [0.29, 0.717) is 5.02 Å². The number of sulfonamides is 1. The summed E-state index contributed by atoms with van der Waals surface area (Å²) in [5.41, 5.74) is 0.786. The average molecular weight is 262 g/mol. The van der Waals surface area contributed by atoms with Gasteiger partial charge in [0.15, 0.2) is 0 Å². The summed E-state index contributed by atoms with van der Waals surface area (Å²) in [6, 6.07) is 6.89. The Morgan fingerprint density at radius 1 is 1.19 bits per heavy atom. The zero-order valence-electron chi connectivity index (χ0n) is 9.57. The van der Waals surface area contributed by atoms with Crippen molar-refractivity contribution in [2.45, 2.75) is 32.1 Å². The molecule has 90 valence electrons. The summed E-state index contributed by atoms with van der Waals surface area (Å²) in [6.45, 7) is 5.06. The third kappa shape index (κ3) is 3.20. The highest BCUT2D eigenvalue weighted by molar-refractivity contribution is 7.90. The van der Waals surface area contributed by atoms with E-state index >= 15 is 0 Å². The number of benzene rings is 1. The van der Waals surface area contributed by atoms with E-state index in [-0.39, 0.29) is 6.04 Å². The van der Waals surface area contributed by atoms with Crippen LogP contribution in [0.25, 0.3) is 0 Å². The average Bonchev–Trinajstić information content (AvgIpc) is 2.17. The van der Waals surface area contributed by atoms with Gasteiger partial charge in [-0.15, -0.1) is 0 Å². The molecular formula is C11H16ClNO2S. The quantitative estimate of drug-likeness (QED) is 0.906. The lowest BCUT2D eigenvalue weighted by Gasteiger charge is -2.17. The molecule has 16 heavy (non-hydrogen) atoms. The van der Waals surface area contributed by atoms with Crippen molar-refractivity contribution in [2.24, 2.45) is 0 Å². The van der Waals surface area contributed by atoms with Gasteiger partial charge in [0.2, 0.25) is 10.0 Å². The Bertz CT molecular complexity index is 457. The molecule has 0 unspecified atom stereocenters. The molecule has 1 aromatic carbocycles. The SMILES string of the molecule is CC(C)S(=O)(=O)N[C@@H](C)c1ccccc1Cl. The second kappa shape index (κ2) is 5.17. The van der Waals surface area contributed by atoms with Gasteiger partial charge in [0.25, 0.3) is 0 Å². The molecule has 0 saturated carbocycles. The van der Waals surface area contributed by atoms with Crippen molar-refractivity contribution in [3.05, 3.63) is 34.9 Å². The lowest BCUT2D eigenvalue weighted by molar-refractivity contribution is 0.558. The second-order valence-corrected chi connectivity index (χ2v) is 6.63. The van der Waals surface area contributed by atoms with Crippen molar-refractivity contribution in [2.75, 3.05) is 0 Å². The lowest BCUT2D eigenvalue weighted by atomic mass is 10.1. The third-order valence-corrected chi connectivity index (χ3v) is 4.60. The van der Waals surface area contributed by atoms with Crippen molar-refractivity contribution in [3.63, 3.8) is 0 Å². The molecule has 1 N–H and O–H groups in total. The van der Waals surface area contributed by atoms with Gasteiger partial charge in [0.05, 0.1) is 5.25 Å². The smallest absolute Gasteiger partial charge is 0.212 e. The summed E-state index contributed by atoms with van der Waals surface area (Å²) in [7, 11) is -3.27. The van der Waals surface area contributed by atoms with Gasteiger partial charge >= 0.3 is 0 Å². The molecule has 0 radical (unpaired) electrons. The Morgan fingerprint density at radius 3 is 2.25 bits per heavy atom. The minimum Gasteiger partial charge on any atom is -0.212 e. The summed E-state index contributed by atoms with van der Waals surface area (Å²) in [6.07, 6.45) is 0. The Hall–Kier alpha value is -0.580. The monoisotopic (exact) mass is 261 g/mol. The lowest BCUT2D eigenvalue weighted by Crippen LogP contribution is -2.33. The highest BCUT2D eigenvalue weighted by Gasteiger charge is 2.20. The molecule has 1 rings (SSSR count). The summed E-state index contributed by atoms with van der Waals surface area (Å²) in [5.74, 6) is 0. The number of rotatable bonds is 4. The maximum atomic E-state index is 11.7. The number of hydrogen-bond donors (Lipinski definition) is 1. The minimum atomic E-state index is -3.27. The topological polar surface area (TPSA) is 46.2 Å². The van der Waals surface area contributed by atoms with Crippen LogP contribution in [0.1, 0.15) is 32.4 Å². The molecule has 0 aliphatic rings. The highest BCUT2D eigenvalue weighted by Crippen LogP contribution is 2.23. The zero-order valence-corrected chi connectivity index (χ0v) is 11.1. The van der Waals surface area contributed by atoms with Gasteiger partial charge in [-0.3, -0.25) is 0 Å². The van der Waals surface area contributed by atoms with E-state index in [1.54, 1.807) is 26.8 Å². The van der Waals surface area contributed by atoms with Gasteiger partial charge in [0, 0.05) is 11.1 Å². The van der Waals surface area contributed by atoms with E-state index in [1.807, 2.05) is 18.2 Å². The molecular weight excluding hydrogens is 246 g/mol. The standard InChI is InChI=1S/C11H16ClNO2S/c1-8(2)16(14,15)13-9(3)10-6-4-5-7-11(10)12/h4-9,13H,1-3H3/t9-/m0/s1. The van der Waals surface area contributed by atoms with Gasteiger partial charge in [-0.05, 0) is 32.4 Å². The first-order valence-electron chi connectivity index (χ1n) is 5.10. The first-order valence-corrected chi connectivity index (χ1v) is 7.02. The van der Waals surface area contributed by atoms with E-state index in [0.717, 1.165) is 5.56 Å². The summed E-state index contributed by atoms with van der Waals surface area (Å²) < 4.78 is 25.9. The summed E-state index contributed by atoms with van der Waals surface area (Å²) in [5, 5.41) is 0.124. The molecule has 0 aromatic heterocycles. The molecule has 1 aromatic rings. The number of halogens is 1. The van der Waals surface area contributed by atoms with Crippen LogP contribution in [0.5, 0.6) is 0 Å². The number of hydrogen-bond acceptors (Lipinski definition) is 2. The van der Waals surface area contributed by atoms with E-state index in [1.165, 1.54) is 0 Å². The summed E-state index contributed by atoms with van der Waals surface area (Å²) >= 11 is 5.99. The van der Waals surface area contributed by atoms with Crippen LogP contribution < -0.4 is 4.72 Å². The van der Waals surface area contributed by atoms with E-state index in [2.05, 4.69) is 4.72 Å². The van der Waals surface area contributed by atoms with E-state index in [9.17, 15) is 8.42 Å². The van der Waals surface area contributed by atoms with Crippen LogP contribution >= 0.6 is 11.6 Å². The predicted molar refractivity (Wildman–Crippen MR) is 67.1 cm³/mol. The van der Waals surface area contributed by atoms with Crippen molar-refractivity contribution in [1.82, 2.24) is 4.72 Å². The van der Waals surface area contributed by atoms with E-state index < -0.39 is 15.3 Å². The Labute approximate surface area is 102 Å². The normalized spacial score (nSPS) is 14.1. The first kappa shape index (κ1) is 13.5. The largest absolute Gasteiger partial charge is 0.214 e. The van der Waals surface area contributed by atoms with Gasteiger partial charge in [-0.1, -0.05) is 29.8 Å². The van der Waals surface area contributed by atoms with Gasteiger partial charge in [-0.2, -0.15) is 0 Å². The van der Waals surface area contributed by atoms with Crippen LogP contribution in [-0.2, 0) is 10.0 Å². The van der Waals surface area contributed by atoms with Crippen LogP contribution in [0.15, 0.2) is 24.3 Å². The summed E-state index contributed by atoms with van der Waals surface area (Å²) in [4.78, 5) is 0. The van der Waals surface area contributed by atoms with Gasteiger partial charge in [0.1, 0.15) is 0 Å². The maximum absolute atomic E-state index is 11.7. The van der Waals surface area contributed by atoms with Crippen molar-refractivity contribution < 1.29 is 8.42 Å². The Kier molecular flexibility index (Phi) is 4.35. The predicted octanol–water partition coefficient (Wildman–Crippen LogP) is 2.73. The van der Waals surface area contributed by atoms with Crippen molar-refractivity contribution >= 4 is 21.6 Å². The van der Waals surface area contributed by atoms with Crippen molar-refractivity contribution in [1.29, 1.82) is 0 Å². The first-order chi connectivity index (χ1) is 7.34. The second-order valence-electron chi connectivity index (χ2n) is 3.95. The van der Waals surface area contributed by atoms with Crippen LogP contribution in [-0.4, -0.2) is 13.7 Å². The minimum absolute atomic E-state index is 0.318. The van der Waals surface area contributed by atoms with Crippen LogP contribution in [0.4, 0.5) is 0 Å². The molecule has 0 bridgehead atoms. The molecule has 0 saturated heterocycles. The molecule has 1 atom stereocenters. The Balaban J connectivity index is 2.89. The highest BCUT2D eigenvalue weighted by atomic mass is 35.5. The molecule has 0 heterocycles. The van der Waals surface area contributed by atoms with Gasteiger partial charge < -0.3 is 0 Å². The van der Waals surface area contributed by atoms with Crippen LogP contribution in [0.2, 0.25) is 5.02 Å². The number of nitrogens with one attached hydrogen (secondary N) is 1. The molecule has 5 heteroatoms. The molecule has 0 fully saturated rings. The van der Waals surface area contributed by atoms with Gasteiger partial charge in [-0.25, -0.2) is 13.1 Å². The fraction of sp³-hybridized carbons (Fsp3) is 0.455. The molecule has 3 nitrogen and oxygen atoms in total. The van der Waals surface area contributed by atoms with Crippen molar-refractivity contribution in [3.8, 4) is 0 Å². The molecule has 0 spiro atoms.